The number of hydrogen-bond donors (Lipinski definition) is 1. The number of carboxylic acid groups (broad SMARTS) is 1. The Morgan fingerprint density at radius 1 is 1.38 bits per heavy atom. The minimum atomic E-state index is -0.927. The molecule has 4 rings (SSSR count). The normalized spacial score (nSPS) is 21.2. The van der Waals surface area contributed by atoms with Crippen LogP contribution in [0.4, 0.5) is 0 Å². The maximum atomic E-state index is 11.0. The van der Waals surface area contributed by atoms with Crippen molar-refractivity contribution in [2.24, 2.45) is 5.92 Å². The number of carboxylic acids is 1. The van der Waals surface area contributed by atoms with Crippen LogP contribution in [0, 0.1) is 5.92 Å². The van der Waals surface area contributed by atoms with Gasteiger partial charge in [-0.2, -0.15) is 0 Å². The first kappa shape index (κ1) is 14.9. The Bertz CT molecular complexity index is 848. The average Bonchev–Trinajstić information content (AvgIpc) is 3.23. The predicted molar refractivity (Wildman–Crippen MR) is 82.8 cm³/mol. The summed E-state index contributed by atoms with van der Waals surface area (Å²) >= 11 is 0. The molecule has 124 valence electrons. The van der Waals surface area contributed by atoms with E-state index in [1.54, 1.807) is 12.5 Å². The molecule has 24 heavy (non-hydrogen) atoms. The van der Waals surface area contributed by atoms with E-state index in [9.17, 15) is 9.90 Å². The molecule has 7 nitrogen and oxygen atoms in total. The highest BCUT2D eigenvalue weighted by molar-refractivity contribution is 5.67. The van der Waals surface area contributed by atoms with Gasteiger partial charge in [0.05, 0.1) is 19.4 Å². The summed E-state index contributed by atoms with van der Waals surface area (Å²) in [4.78, 5) is 21.3. The van der Waals surface area contributed by atoms with E-state index in [1.807, 2.05) is 28.8 Å². The van der Waals surface area contributed by atoms with Gasteiger partial charge in [0.2, 0.25) is 5.78 Å². The van der Waals surface area contributed by atoms with E-state index in [0.29, 0.717) is 18.6 Å². The summed E-state index contributed by atoms with van der Waals surface area (Å²) in [5.41, 5.74) is 1.84. The molecule has 1 N–H and O–H groups in total. The molecular weight excluding hydrogens is 308 g/mol. The number of nitrogens with one attached hydrogen (secondary N) is 1. The molecule has 0 amide bonds. The summed E-state index contributed by atoms with van der Waals surface area (Å²) in [6, 6.07) is 5.61. The van der Waals surface area contributed by atoms with Crippen molar-refractivity contribution in [3.63, 3.8) is 0 Å². The Morgan fingerprint density at radius 2 is 2.21 bits per heavy atom. The predicted octanol–water partition coefficient (Wildman–Crippen LogP) is -0.466. The monoisotopic (exact) mass is 326 g/mol. The standard InChI is InChI=1S/C17H18N4O3/c22-16(23)12-4-8-20(9-5-12)11-13-15(14-3-1-10-24-14)19-17-18-6-2-7-21(13)17/h1-3,6-7,10,12H,4-5,8-9,11H2,(H,22,23). The number of rotatable bonds is 4. The zero-order valence-electron chi connectivity index (χ0n) is 13.1. The number of piperidine rings is 1. The van der Waals surface area contributed by atoms with Crippen LogP contribution in [0.25, 0.3) is 17.2 Å². The lowest BCUT2D eigenvalue weighted by Crippen LogP contribution is -3.12. The van der Waals surface area contributed by atoms with E-state index in [-0.39, 0.29) is 5.92 Å². The molecule has 4 heterocycles. The third-order valence-corrected chi connectivity index (χ3v) is 4.70. The summed E-state index contributed by atoms with van der Waals surface area (Å²) < 4.78 is 7.51. The Labute approximate surface area is 138 Å². The van der Waals surface area contributed by atoms with Gasteiger partial charge < -0.3 is 19.2 Å². The fraction of sp³-hybridized carbons (Fsp3) is 0.353. The van der Waals surface area contributed by atoms with Crippen molar-refractivity contribution in [3.05, 3.63) is 42.5 Å². The molecule has 1 aliphatic heterocycles. The number of hydrogen-bond acceptors (Lipinski definition) is 5. The largest absolute Gasteiger partial charge is 0.550 e. The number of imidazole rings is 1. The van der Waals surface area contributed by atoms with Gasteiger partial charge in [0.15, 0.2) is 5.76 Å². The van der Waals surface area contributed by atoms with E-state index in [4.69, 9.17) is 4.42 Å². The van der Waals surface area contributed by atoms with Gasteiger partial charge in [-0.3, -0.25) is 4.40 Å². The van der Waals surface area contributed by atoms with Crippen LogP contribution in [0.1, 0.15) is 18.5 Å². The lowest BCUT2D eigenvalue weighted by atomic mass is 9.97. The van der Waals surface area contributed by atoms with Gasteiger partial charge >= 0.3 is 0 Å². The van der Waals surface area contributed by atoms with Crippen LogP contribution in [-0.4, -0.2) is 33.4 Å². The van der Waals surface area contributed by atoms with Gasteiger partial charge in [0.1, 0.15) is 17.9 Å². The van der Waals surface area contributed by atoms with E-state index >= 15 is 0 Å². The molecular formula is C17H18N4O3. The van der Waals surface area contributed by atoms with Crippen LogP contribution in [-0.2, 0) is 11.3 Å². The minimum absolute atomic E-state index is 0.317. The number of furan rings is 1. The van der Waals surface area contributed by atoms with Crippen LogP contribution >= 0.6 is 0 Å². The number of carbonyl (C=O) groups is 1. The van der Waals surface area contributed by atoms with Gasteiger partial charge in [-0.15, -0.1) is 0 Å². The Kier molecular flexibility index (Phi) is 3.78. The lowest BCUT2D eigenvalue weighted by molar-refractivity contribution is -0.919. The maximum absolute atomic E-state index is 11.0. The first-order chi connectivity index (χ1) is 11.7. The van der Waals surface area contributed by atoms with E-state index < -0.39 is 5.97 Å². The SMILES string of the molecule is O=C([O-])C1CC[NH+](Cc2c(-c3ccco3)nc3ncccn23)CC1. The second-order valence-electron chi connectivity index (χ2n) is 6.19. The first-order valence-electron chi connectivity index (χ1n) is 8.12. The average molecular weight is 326 g/mol. The van der Waals surface area contributed by atoms with Gasteiger partial charge in [0.25, 0.3) is 0 Å². The van der Waals surface area contributed by atoms with Crippen molar-refractivity contribution in [1.29, 1.82) is 0 Å². The van der Waals surface area contributed by atoms with Crippen molar-refractivity contribution in [1.82, 2.24) is 14.4 Å². The lowest BCUT2D eigenvalue weighted by Gasteiger charge is -2.29. The molecule has 0 bridgehead atoms. The number of likely N-dealkylation sites (tertiary alicyclic amines) is 1. The summed E-state index contributed by atoms with van der Waals surface area (Å²) in [6.07, 6.45) is 6.61. The molecule has 0 aromatic carbocycles. The third-order valence-electron chi connectivity index (χ3n) is 4.70. The quantitative estimate of drug-likeness (QED) is 0.700. The number of fused-ring (bicyclic) bond motifs is 1. The van der Waals surface area contributed by atoms with Crippen molar-refractivity contribution in [3.8, 4) is 11.5 Å². The number of aliphatic carboxylic acids is 1. The van der Waals surface area contributed by atoms with Gasteiger partial charge in [-0.25, -0.2) is 9.97 Å². The highest BCUT2D eigenvalue weighted by atomic mass is 16.4. The number of carbonyl (C=O) groups excluding carboxylic acids is 1. The fourth-order valence-corrected chi connectivity index (χ4v) is 3.39. The molecule has 7 heteroatoms. The smallest absolute Gasteiger partial charge is 0.234 e. The summed E-state index contributed by atoms with van der Waals surface area (Å²) in [6.45, 7) is 2.37. The zero-order valence-corrected chi connectivity index (χ0v) is 13.1. The third kappa shape index (κ3) is 2.67. The van der Waals surface area contributed by atoms with E-state index in [1.165, 1.54) is 4.90 Å². The van der Waals surface area contributed by atoms with Crippen molar-refractivity contribution in [2.45, 2.75) is 19.4 Å². The summed E-state index contributed by atoms with van der Waals surface area (Å²) in [7, 11) is 0. The second kappa shape index (κ2) is 6.09. The van der Waals surface area contributed by atoms with Crippen molar-refractivity contribution in [2.75, 3.05) is 13.1 Å². The van der Waals surface area contributed by atoms with E-state index in [0.717, 1.165) is 36.8 Å². The van der Waals surface area contributed by atoms with E-state index in [2.05, 4.69) is 9.97 Å². The topological polar surface area (TPSA) is 87.9 Å². The van der Waals surface area contributed by atoms with Crippen LogP contribution in [0.3, 0.4) is 0 Å². The molecule has 0 unspecified atom stereocenters. The van der Waals surface area contributed by atoms with Gasteiger partial charge in [-0.1, -0.05) is 0 Å². The molecule has 3 aromatic rings. The molecule has 0 atom stereocenters. The zero-order chi connectivity index (χ0) is 16.5. The number of nitrogens with zero attached hydrogens (tertiary/aromatic N) is 3. The molecule has 3 aromatic heterocycles. The fourth-order valence-electron chi connectivity index (χ4n) is 3.39. The minimum Gasteiger partial charge on any atom is -0.550 e. The molecule has 0 aliphatic carbocycles. The molecule has 1 aliphatic rings. The molecule has 1 saturated heterocycles. The van der Waals surface area contributed by atoms with Crippen molar-refractivity contribution >= 4 is 11.7 Å². The highest BCUT2D eigenvalue weighted by Gasteiger charge is 2.26. The van der Waals surface area contributed by atoms with Crippen LogP contribution in [0.15, 0.2) is 41.3 Å². The van der Waals surface area contributed by atoms with Crippen molar-refractivity contribution < 1.29 is 19.2 Å². The van der Waals surface area contributed by atoms with Crippen LogP contribution < -0.4 is 10.0 Å². The summed E-state index contributed by atoms with van der Waals surface area (Å²) in [5.74, 6) is 0.119. The summed E-state index contributed by atoms with van der Waals surface area (Å²) in [5, 5.41) is 11.0. The van der Waals surface area contributed by atoms with Crippen LogP contribution in [0.5, 0.6) is 0 Å². The number of aromatic nitrogens is 3. The Morgan fingerprint density at radius 3 is 2.92 bits per heavy atom. The molecule has 1 fully saturated rings. The second-order valence-corrected chi connectivity index (χ2v) is 6.19. The highest BCUT2D eigenvalue weighted by Crippen LogP contribution is 2.24. The van der Waals surface area contributed by atoms with Crippen LogP contribution in [0.2, 0.25) is 0 Å². The number of quaternary nitrogens is 1. The molecule has 0 radical (unpaired) electrons. The maximum Gasteiger partial charge on any atom is 0.234 e. The first-order valence-corrected chi connectivity index (χ1v) is 8.12. The molecule has 0 saturated carbocycles. The molecule has 0 spiro atoms. The van der Waals surface area contributed by atoms with Gasteiger partial charge in [-0.05, 0) is 18.2 Å². The Hall–Kier alpha value is -2.67. The Balaban J connectivity index is 1.64. The van der Waals surface area contributed by atoms with Gasteiger partial charge in [0, 0.05) is 37.1 Å².